The van der Waals surface area contributed by atoms with E-state index in [2.05, 4.69) is 0 Å². The molecule has 0 unspecified atom stereocenters. The Labute approximate surface area is 142 Å². The van der Waals surface area contributed by atoms with Gasteiger partial charge in [-0.15, -0.1) is 0 Å². The Kier molecular flexibility index (Phi) is 5.20. The van der Waals surface area contributed by atoms with Crippen LogP contribution in [-0.2, 0) is 19.4 Å². The minimum absolute atomic E-state index is 0.0214. The lowest BCUT2D eigenvalue weighted by Gasteiger charge is -2.27. The van der Waals surface area contributed by atoms with Crippen LogP contribution in [0.4, 0.5) is 0 Å². The van der Waals surface area contributed by atoms with Gasteiger partial charge in [-0.2, -0.15) is 5.26 Å². The van der Waals surface area contributed by atoms with Crippen molar-refractivity contribution in [3.05, 3.63) is 65.7 Å². The van der Waals surface area contributed by atoms with Gasteiger partial charge in [-0.3, -0.25) is 0 Å². The topological polar surface area (TPSA) is 75.0 Å². The van der Waals surface area contributed by atoms with Crippen LogP contribution in [0.5, 0.6) is 0 Å². The summed E-state index contributed by atoms with van der Waals surface area (Å²) in [5.41, 5.74) is 1.31. The highest BCUT2D eigenvalue weighted by atomic mass is 32.2. The van der Waals surface area contributed by atoms with Gasteiger partial charge in [0.2, 0.25) is 9.84 Å². The Balaban J connectivity index is 2.67. The Morgan fingerprint density at radius 1 is 1.08 bits per heavy atom. The van der Waals surface area contributed by atoms with Gasteiger partial charge in [0.25, 0.3) is 0 Å². The number of rotatable bonds is 6. The molecule has 0 N–H and O–H groups in total. The molecule has 1 atom stereocenters. The summed E-state index contributed by atoms with van der Waals surface area (Å²) >= 11 is 0. The van der Waals surface area contributed by atoms with Crippen molar-refractivity contribution in [3.8, 4) is 6.07 Å². The standard InChI is InChI=1S/C19H19NO3S/c1-15-8-10-18(11-9-15)24(22,23)19(14-20,13-12-16(2)21)17-6-4-3-5-7-17/h3-11H,12-13H2,1-2H3/t19-/m0/s1. The van der Waals surface area contributed by atoms with Crippen molar-refractivity contribution in [2.45, 2.75) is 36.3 Å². The molecular formula is C19H19NO3S. The van der Waals surface area contributed by atoms with Gasteiger partial charge < -0.3 is 4.79 Å². The first-order chi connectivity index (χ1) is 11.3. The van der Waals surface area contributed by atoms with Gasteiger partial charge in [0, 0.05) is 6.42 Å². The number of carbonyl (C=O) groups excluding carboxylic acids is 1. The first-order valence-electron chi connectivity index (χ1n) is 7.61. The van der Waals surface area contributed by atoms with Crippen LogP contribution in [-0.4, -0.2) is 14.2 Å². The van der Waals surface area contributed by atoms with Crippen LogP contribution in [0.3, 0.4) is 0 Å². The van der Waals surface area contributed by atoms with Gasteiger partial charge >= 0.3 is 0 Å². The highest BCUT2D eigenvalue weighted by Gasteiger charge is 2.46. The average Bonchev–Trinajstić information content (AvgIpc) is 2.57. The van der Waals surface area contributed by atoms with Gasteiger partial charge in [0.1, 0.15) is 5.78 Å². The molecule has 0 heterocycles. The second-order valence-electron chi connectivity index (χ2n) is 5.82. The Bertz CT molecular complexity index is 865. The summed E-state index contributed by atoms with van der Waals surface area (Å²) < 4.78 is 24.8. The number of aryl methyl sites for hydroxylation is 1. The number of nitrogens with zero attached hydrogens (tertiary/aromatic N) is 1. The molecule has 0 spiro atoms. The fraction of sp³-hybridized carbons (Fsp3) is 0.263. The van der Waals surface area contributed by atoms with Crippen LogP contribution in [0.2, 0.25) is 0 Å². The van der Waals surface area contributed by atoms with Gasteiger partial charge in [0.15, 0.2) is 4.75 Å². The van der Waals surface area contributed by atoms with Gasteiger partial charge in [-0.05, 0) is 38.0 Å². The molecule has 0 aliphatic rings. The summed E-state index contributed by atoms with van der Waals surface area (Å²) in [5, 5.41) is 9.85. The van der Waals surface area contributed by atoms with Gasteiger partial charge in [-0.1, -0.05) is 48.0 Å². The molecule has 2 rings (SSSR count). The lowest BCUT2D eigenvalue weighted by atomic mass is 9.93. The van der Waals surface area contributed by atoms with Crippen molar-refractivity contribution < 1.29 is 13.2 Å². The summed E-state index contributed by atoms with van der Waals surface area (Å²) in [6, 6.07) is 16.8. The molecule has 24 heavy (non-hydrogen) atoms. The molecule has 124 valence electrons. The van der Waals surface area contributed by atoms with E-state index in [1.165, 1.54) is 19.1 Å². The van der Waals surface area contributed by atoms with Gasteiger partial charge in [0.05, 0.1) is 11.0 Å². The minimum atomic E-state index is -3.99. The summed E-state index contributed by atoms with van der Waals surface area (Å²) in [7, 11) is -3.99. The van der Waals surface area contributed by atoms with Crippen molar-refractivity contribution in [1.82, 2.24) is 0 Å². The molecule has 4 nitrogen and oxygen atoms in total. The maximum Gasteiger partial charge on any atom is 0.201 e. The summed E-state index contributed by atoms with van der Waals surface area (Å²) in [6.07, 6.45) is -0.0490. The van der Waals surface area contributed by atoms with Crippen LogP contribution in [0, 0.1) is 18.3 Å². The molecule has 2 aromatic carbocycles. The molecule has 0 fully saturated rings. The van der Waals surface area contributed by atoms with E-state index in [1.807, 2.05) is 13.0 Å². The number of hydrogen-bond donors (Lipinski definition) is 0. The number of ketones is 1. The van der Waals surface area contributed by atoms with Crippen LogP contribution >= 0.6 is 0 Å². The third-order valence-electron chi connectivity index (χ3n) is 4.04. The average molecular weight is 341 g/mol. The van der Waals surface area contributed by atoms with Crippen molar-refractivity contribution in [3.63, 3.8) is 0 Å². The number of sulfone groups is 1. The van der Waals surface area contributed by atoms with Crippen LogP contribution in [0.1, 0.15) is 30.9 Å². The van der Waals surface area contributed by atoms with E-state index < -0.39 is 14.6 Å². The van der Waals surface area contributed by atoms with E-state index in [-0.39, 0.29) is 23.5 Å². The first-order valence-corrected chi connectivity index (χ1v) is 9.09. The van der Waals surface area contributed by atoms with Crippen molar-refractivity contribution in [2.24, 2.45) is 0 Å². The molecule has 0 saturated carbocycles. The van der Waals surface area contributed by atoms with E-state index >= 15 is 0 Å². The highest BCUT2D eigenvalue weighted by Crippen LogP contribution is 2.39. The number of Topliss-reactive ketones (excluding diaryl/α,β-unsaturated/α-hetero) is 1. The quantitative estimate of drug-likeness (QED) is 0.805. The second-order valence-corrected chi connectivity index (χ2v) is 8.00. The van der Waals surface area contributed by atoms with Crippen LogP contribution in [0.15, 0.2) is 59.5 Å². The first kappa shape index (κ1) is 17.9. The van der Waals surface area contributed by atoms with E-state index in [4.69, 9.17) is 0 Å². The molecule has 0 saturated heterocycles. The zero-order valence-electron chi connectivity index (χ0n) is 13.7. The molecule has 0 radical (unpaired) electrons. The molecule has 0 aromatic heterocycles. The number of hydrogen-bond acceptors (Lipinski definition) is 4. The Hall–Kier alpha value is -2.45. The van der Waals surface area contributed by atoms with Crippen molar-refractivity contribution in [2.75, 3.05) is 0 Å². The Morgan fingerprint density at radius 2 is 1.67 bits per heavy atom. The van der Waals surface area contributed by atoms with Crippen LogP contribution < -0.4 is 0 Å². The normalized spacial score (nSPS) is 13.7. The van der Waals surface area contributed by atoms with Crippen molar-refractivity contribution >= 4 is 15.6 Å². The highest BCUT2D eigenvalue weighted by molar-refractivity contribution is 7.92. The maximum absolute atomic E-state index is 13.3. The summed E-state index contributed by atoms with van der Waals surface area (Å²) in [4.78, 5) is 11.5. The minimum Gasteiger partial charge on any atom is -0.300 e. The molecule has 2 aromatic rings. The fourth-order valence-corrected chi connectivity index (χ4v) is 4.43. The lowest BCUT2D eigenvalue weighted by molar-refractivity contribution is -0.117. The van der Waals surface area contributed by atoms with Crippen molar-refractivity contribution in [1.29, 1.82) is 5.26 Å². The summed E-state index contributed by atoms with van der Waals surface area (Å²) in [5.74, 6) is -0.148. The van der Waals surface area contributed by atoms with E-state index in [0.29, 0.717) is 5.56 Å². The number of carbonyl (C=O) groups is 1. The lowest BCUT2D eigenvalue weighted by Crippen LogP contribution is -2.35. The predicted molar refractivity (Wildman–Crippen MR) is 92.0 cm³/mol. The Morgan fingerprint density at radius 3 is 2.17 bits per heavy atom. The zero-order chi connectivity index (χ0) is 17.8. The number of nitriles is 1. The maximum atomic E-state index is 13.3. The van der Waals surface area contributed by atoms with Crippen LogP contribution in [0.25, 0.3) is 0 Å². The molecule has 0 bridgehead atoms. The zero-order valence-corrected chi connectivity index (χ0v) is 14.5. The summed E-state index contributed by atoms with van der Waals surface area (Å²) in [6.45, 7) is 3.26. The smallest absolute Gasteiger partial charge is 0.201 e. The molecule has 0 aliphatic heterocycles. The second kappa shape index (κ2) is 6.98. The van der Waals surface area contributed by atoms with E-state index in [9.17, 15) is 18.5 Å². The van der Waals surface area contributed by atoms with Gasteiger partial charge in [-0.25, -0.2) is 8.42 Å². The molecule has 0 amide bonds. The molecular weight excluding hydrogens is 322 g/mol. The number of benzene rings is 2. The molecule has 5 heteroatoms. The monoisotopic (exact) mass is 341 g/mol. The molecule has 0 aliphatic carbocycles. The van der Waals surface area contributed by atoms with E-state index in [1.54, 1.807) is 42.5 Å². The largest absolute Gasteiger partial charge is 0.300 e. The fourth-order valence-electron chi connectivity index (χ4n) is 2.59. The predicted octanol–water partition coefficient (Wildman–Crippen LogP) is 3.56. The third kappa shape index (κ3) is 3.24. The van der Waals surface area contributed by atoms with E-state index in [0.717, 1.165) is 5.56 Å². The SMILES string of the molecule is CC(=O)CC[C@](C#N)(c1ccccc1)S(=O)(=O)c1ccc(C)cc1. The third-order valence-corrected chi connectivity index (χ3v) is 6.38.